The van der Waals surface area contributed by atoms with Gasteiger partial charge in [-0.1, -0.05) is 12.1 Å². The lowest BCUT2D eigenvalue weighted by molar-refractivity contribution is -0.130. The summed E-state index contributed by atoms with van der Waals surface area (Å²) in [5.41, 5.74) is 7.10. The van der Waals surface area contributed by atoms with E-state index in [4.69, 9.17) is 5.73 Å². The van der Waals surface area contributed by atoms with E-state index in [1.165, 1.54) is 6.07 Å². The van der Waals surface area contributed by atoms with Gasteiger partial charge in [-0.3, -0.25) is 4.79 Å². The highest BCUT2D eigenvalue weighted by Gasteiger charge is 2.32. The van der Waals surface area contributed by atoms with E-state index in [0.717, 1.165) is 5.56 Å². The van der Waals surface area contributed by atoms with Crippen molar-refractivity contribution < 1.29 is 9.18 Å². The highest BCUT2D eigenvalue weighted by molar-refractivity contribution is 5.84. The molecule has 0 saturated carbocycles. The maximum absolute atomic E-state index is 13.5. The number of hydrogen-bond donors (Lipinski definition) is 1. The first-order chi connectivity index (χ1) is 8.00. The number of likely N-dealkylation sites (tertiary alicyclic amines) is 1. The van der Waals surface area contributed by atoms with Crippen molar-refractivity contribution in [3.05, 3.63) is 35.1 Å². The first-order valence-corrected chi connectivity index (χ1v) is 5.83. The predicted molar refractivity (Wildman–Crippen MR) is 63.9 cm³/mol. The molecule has 17 heavy (non-hydrogen) atoms. The van der Waals surface area contributed by atoms with E-state index in [1.807, 2.05) is 13.0 Å². The Bertz CT molecular complexity index is 447. The number of benzene rings is 1. The largest absolute Gasteiger partial charge is 0.335 e. The molecule has 2 unspecified atom stereocenters. The van der Waals surface area contributed by atoms with E-state index in [0.29, 0.717) is 18.5 Å². The SMILES string of the molecule is Cc1ccc(C(C)N2CCC(N)C2=O)cc1F. The van der Waals surface area contributed by atoms with Crippen LogP contribution in [0.15, 0.2) is 18.2 Å². The van der Waals surface area contributed by atoms with Gasteiger partial charge in [-0.25, -0.2) is 4.39 Å². The second-order valence-electron chi connectivity index (χ2n) is 4.61. The highest BCUT2D eigenvalue weighted by atomic mass is 19.1. The summed E-state index contributed by atoms with van der Waals surface area (Å²) in [6, 6.07) is 4.58. The van der Waals surface area contributed by atoms with Crippen LogP contribution < -0.4 is 5.73 Å². The molecule has 1 amide bonds. The van der Waals surface area contributed by atoms with Crippen molar-refractivity contribution in [1.29, 1.82) is 0 Å². The van der Waals surface area contributed by atoms with Crippen LogP contribution in [0, 0.1) is 12.7 Å². The molecule has 0 bridgehead atoms. The molecular formula is C13H17FN2O. The molecule has 2 N–H and O–H groups in total. The Morgan fingerprint density at radius 3 is 2.76 bits per heavy atom. The molecule has 92 valence electrons. The topological polar surface area (TPSA) is 46.3 Å². The van der Waals surface area contributed by atoms with Gasteiger partial charge in [0.2, 0.25) is 5.91 Å². The average Bonchev–Trinajstić information content (AvgIpc) is 2.63. The number of nitrogens with zero attached hydrogens (tertiary/aromatic N) is 1. The third-order valence-corrected chi connectivity index (χ3v) is 3.43. The van der Waals surface area contributed by atoms with Crippen LogP contribution in [-0.4, -0.2) is 23.4 Å². The summed E-state index contributed by atoms with van der Waals surface area (Å²) in [4.78, 5) is 13.5. The van der Waals surface area contributed by atoms with Crippen LogP contribution in [0.2, 0.25) is 0 Å². The van der Waals surface area contributed by atoms with Gasteiger partial charge in [-0.05, 0) is 37.5 Å². The summed E-state index contributed by atoms with van der Waals surface area (Å²) < 4.78 is 13.5. The second-order valence-corrected chi connectivity index (χ2v) is 4.61. The van der Waals surface area contributed by atoms with Gasteiger partial charge in [0.1, 0.15) is 5.82 Å². The number of nitrogens with two attached hydrogens (primary N) is 1. The van der Waals surface area contributed by atoms with E-state index >= 15 is 0 Å². The lowest BCUT2D eigenvalue weighted by atomic mass is 10.0. The van der Waals surface area contributed by atoms with Crippen molar-refractivity contribution in [1.82, 2.24) is 4.90 Å². The standard InChI is InChI=1S/C13H17FN2O/c1-8-3-4-10(7-11(8)14)9(2)16-6-5-12(15)13(16)17/h3-4,7,9,12H,5-6,15H2,1-2H3. The molecule has 1 saturated heterocycles. The molecule has 1 fully saturated rings. The van der Waals surface area contributed by atoms with Crippen LogP contribution in [0.3, 0.4) is 0 Å². The van der Waals surface area contributed by atoms with Crippen molar-refractivity contribution in [2.45, 2.75) is 32.4 Å². The van der Waals surface area contributed by atoms with Crippen molar-refractivity contribution in [3.8, 4) is 0 Å². The summed E-state index contributed by atoms with van der Waals surface area (Å²) in [7, 11) is 0. The quantitative estimate of drug-likeness (QED) is 0.850. The van der Waals surface area contributed by atoms with Gasteiger partial charge in [0, 0.05) is 6.54 Å². The van der Waals surface area contributed by atoms with Gasteiger partial charge < -0.3 is 10.6 Å². The minimum absolute atomic E-state index is 0.0431. The minimum atomic E-state index is -0.396. The monoisotopic (exact) mass is 236 g/mol. The molecule has 0 aliphatic carbocycles. The van der Waals surface area contributed by atoms with Crippen molar-refractivity contribution in [2.24, 2.45) is 5.73 Å². The molecule has 2 rings (SSSR count). The Hall–Kier alpha value is -1.42. The summed E-state index contributed by atoms with van der Waals surface area (Å²) >= 11 is 0. The number of carbonyl (C=O) groups is 1. The summed E-state index contributed by atoms with van der Waals surface area (Å²) in [6.07, 6.45) is 0.678. The molecule has 0 spiro atoms. The lowest BCUT2D eigenvalue weighted by Gasteiger charge is -2.25. The molecule has 1 heterocycles. The van der Waals surface area contributed by atoms with Gasteiger partial charge in [0.25, 0.3) is 0 Å². The number of aryl methyl sites for hydroxylation is 1. The summed E-state index contributed by atoms with van der Waals surface area (Å²) in [5.74, 6) is -0.274. The number of rotatable bonds is 2. The fourth-order valence-electron chi connectivity index (χ4n) is 2.16. The minimum Gasteiger partial charge on any atom is -0.335 e. The van der Waals surface area contributed by atoms with Crippen LogP contribution >= 0.6 is 0 Å². The van der Waals surface area contributed by atoms with E-state index < -0.39 is 6.04 Å². The highest BCUT2D eigenvalue weighted by Crippen LogP contribution is 2.26. The van der Waals surface area contributed by atoms with Crippen molar-refractivity contribution >= 4 is 5.91 Å². The average molecular weight is 236 g/mol. The van der Waals surface area contributed by atoms with E-state index in [-0.39, 0.29) is 17.8 Å². The Labute approximate surface area is 100 Å². The van der Waals surface area contributed by atoms with Gasteiger partial charge in [-0.2, -0.15) is 0 Å². The zero-order valence-corrected chi connectivity index (χ0v) is 10.1. The maximum atomic E-state index is 13.5. The number of carbonyl (C=O) groups excluding carboxylic acids is 1. The van der Waals surface area contributed by atoms with E-state index in [9.17, 15) is 9.18 Å². The zero-order chi connectivity index (χ0) is 12.6. The smallest absolute Gasteiger partial charge is 0.240 e. The van der Waals surface area contributed by atoms with Crippen LogP contribution in [0.25, 0.3) is 0 Å². The fraction of sp³-hybridized carbons (Fsp3) is 0.462. The number of halogens is 1. The van der Waals surface area contributed by atoms with E-state index in [2.05, 4.69) is 0 Å². The van der Waals surface area contributed by atoms with Crippen LogP contribution in [-0.2, 0) is 4.79 Å². The third kappa shape index (κ3) is 2.17. The molecule has 0 aromatic heterocycles. The molecule has 1 aliphatic heterocycles. The molecule has 1 aromatic rings. The summed E-state index contributed by atoms with van der Waals surface area (Å²) in [5, 5.41) is 0. The maximum Gasteiger partial charge on any atom is 0.240 e. The second kappa shape index (κ2) is 4.45. The zero-order valence-electron chi connectivity index (χ0n) is 10.1. The predicted octanol–water partition coefficient (Wildman–Crippen LogP) is 1.75. The lowest BCUT2D eigenvalue weighted by Crippen LogP contribution is -2.35. The summed E-state index contributed by atoms with van der Waals surface area (Å²) in [6.45, 7) is 4.28. The fourth-order valence-corrected chi connectivity index (χ4v) is 2.16. The number of amides is 1. The molecule has 1 aliphatic rings. The first-order valence-electron chi connectivity index (χ1n) is 5.83. The third-order valence-electron chi connectivity index (χ3n) is 3.43. The van der Waals surface area contributed by atoms with Gasteiger partial charge in [-0.15, -0.1) is 0 Å². The normalized spacial score (nSPS) is 22.0. The molecule has 1 aromatic carbocycles. The Balaban J connectivity index is 2.22. The molecule has 2 atom stereocenters. The van der Waals surface area contributed by atoms with Crippen LogP contribution in [0.5, 0.6) is 0 Å². The number of hydrogen-bond acceptors (Lipinski definition) is 2. The molecular weight excluding hydrogens is 219 g/mol. The molecule has 4 heteroatoms. The van der Waals surface area contributed by atoms with E-state index in [1.54, 1.807) is 17.9 Å². The Morgan fingerprint density at radius 1 is 1.53 bits per heavy atom. The van der Waals surface area contributed by atoms with Gasteiger partial charge in [0.05, 0.1) is 12.1 Å². The molecule has 0 radical (unpaired) electrons. The Morgan fingerprint density at radius 2 is 2.24 bits per heavy atom. The van der Waals surface area contributed by atoms with Gasteiger partial charge in [0.15, 0.2) is 0 Å². The van der Waals surface area contributed by atoms with Gasteiger partial charge >= 0.3 is 0 Å². The molecule has 3 nitrogen and oxygen atoms in total. The van der Waals surface area contributed by atoms with Crippen LogP contribution in [0.1, 0.15) is 30.5 Å². The first kappa shape index (κ1) is 12.0. The van der Waals surface area contributed by atoms with Crippen molar-refractivity contribution in [3.63, 3.8) is 0 Å². The van der Waals surface area contributed by atoms with Crippen molar-refractivity contribution in [2.75, 3.05) is 6.54 Å². The Kier molecular flexibility index (Phi) is 3.15. The van der Waals surface area contributed by atoms with Crippen LogP contribution in [0.4, 0.5) is 4.39 Å².